The fourth-order valence-electron chi connectivity index (χ4n) is 3.29. The number of rotatable bonds is 5. The molecule has 1 aliphatic rings. The van der Waals surface area contributed by atoms with Crippen molar-refractivity contribution >= 4 is 11.8 Å². The van der Waals surface area contributed by atoms with Crippen molar-refractivity contribution in [2.75, 3.05) is 13.1 Å². The second kappa shape index (κ2) is 8.00. The Morgan fingerprint density at radius 3 is 2.07 bits per heavy atom. The van der Waals surface area contributed by atoms with E-state index in [9.17, 15) is 9.59 Å². The van der Waals surface area contributed by atoms with Crippen LogP contribution in [0.25, 0.3) is 0 Å². The van der Waals surface area contributed by atoms with Crippen LogP contribution in [0.1, 0.15) is 27.7 Å². The molecular weight excluding hydrogens is 352 g/mol. The molecule has 2 amide bonds. The number of likely N-dealkylation sites (tertiary alicyclic amines) is 1. The van der Waals surface area contributed by atoms with E-state index in [1.165, 1.54) is 18.6 Å². The second-order valence-electron chi connectivity index (χ2n) is 6.76. The lowest BCUT2D eigenvalue weighted by atomic mass is 9.95. The molecule has 140 valence electrons. The van der Waals surface area contributed by atoms with Gasteiger partial charge in [-0.2, -0.15) is 0 Å². The van der Waals surface area contributed by atoms with Crippen molar-refractivity contribution in [2.45, 2.75) is 6.04 Å². The predicted octanol–water partition coefficient (Wildman–Crippen LogP) is 2.45. The Hall–Kier alpha value is -3.54. The summed E-state index contributed by atoms with van der Waals surface area (Å²) in [4.78, 5) is 34.7. The zero-order valence-corrected chi connectivity index (χ0v) is 15.2. The van der Waals surface area contributed by atoms with Gasteiger partial charge in [-0.25, -0.2) is 4.98 Å². The lowest BCUT2D eigenvalue weighted by Crippen LogP contribution is -2.56. The van der Waals surface area contributed by atoms with Gasteiger partial charge in [0, 0.05) is 25.5 Å². The number of nitrogens with zero attached hydrogens (tertiary/aromatic N) is 3. The minimum absolute atomic E-state index is 0.0547. The lowest BCUT2D eigenvalue weighted by molar-refractivity contribution is -0.129. The molecule has 1 aliphatic heterocycles. The molecule has 1 fully saturated rings. The quantitative estimate of drug-likeness (QED) is 0.747. The van der Waals surface area contributed by atoms with Crippen LogP contribution in [0.3, 0.4) is 0 Å². The maximum absolute atomic E-state index is 12.8. The van der Waals surface area contributed by atoms with E-state index >= 15 is 0 Å². The minimum Gasteiger partial charge on any atom is -0.345 e. The smallest absolute Gasteiger partial charge is 0.274 e. The van der Waals surface area contributed by atoms with Gasteiger partial charge in [0.1, 0.15) is 5.69 Å². The van der Waals surface area contributed by atoms with E-state index in [1.807, 2.05) is 60.7 Å². The molecule has 1 saturated heterocycles. The molecule has 0 atom stereocenters. The van der Waals surface area contributed by atoms with Crippen LogP contribution in [-0.4, -0.2) is 39.8 Å². The third-order valence-corrected chi connectivity index (χ3v) is 4.87. The molecule has 0 bridgehead atoms. The first-order valence-corrected chi connectivity index (χ1v) is 9.18. The van der Waals surface area contributed by atoms with Gasteiger partial charge in [0.25, 0.3) is 5.91 Å². The van der Waals surface area contributed by atoms with Crippen LogP contribution < -0.4 is 5.32 Å². The van der Waals surface area contributed by atoms with Crippen LogP contribution in [0.2, 0.25) is 0 Å². The minimum atomic E-state index is -0.226. The van der Waals surface area contributed by atoms with E-state index in [1.54, 1.807) is 4.90 Å². The van der Waals surface area contributed by atoms with Gasteiger partial charge >= 0.3 is 0 Å². The summed E-state index contributed by atoms with van der Waals surface area (Å²) in [7, 11) is 0. The Labute approximate surface area is 163 Å². The number of hydrogen-bond donors (Lipinski definition) is 1. The van der Waals surface area contributed by atoms with E-state index in [0.717, 1.165) is 11.1 Å². The van der Waals surface area contributed by atoms with Crippen LogP contribution in [0, 0.1) is 5.92 Å². The van der Waals surface area contributed by atoms with Gasteiger partial charge in [0.2, 0.25) is 5.91 Å². The highest BCUT2D eigenvalue weighted by Gasteiger charge is 2.37. The summed E-state index contributed by atoms with van der Waals surface area (Å²) < 4.78 is 0. The molecule has 0 unspecified atom stereocenters. The summed E-state index contributed by atoms with van der Waals surface area (Å²) in [5.41, 5.74) is 2.34. The summed E-state index contributed by atoms with van der Waals surface area (Å²) >= 11 is 0. The van der Waals surface area contributed by atoms with Gasteiger partial charge in [0.15, 0.2) is 0 Å². The molecule has 0 saturated carbocycles. The molecular formula is C22H20N4O2. The van der Waals surface area contributed by atoms with Crippen molar-refractivity contribution < 1.29 is 9.59 Å². The van der Waals surface area contributed by atoms with E-state index in [4.69, 9.17) is 0 Å². The maximum Gasteiger partial charge on any atom is 0.274 e. The standard InChI is InChI=1S/C22H20N4O2/c27-21(18-14-26(15-18)22(28)19-13-23-11-12-24-19)25-20(16-7-3-1-4-8-16)17-9-5-2-6-10-17/h1-13,18,20H,14-15H2,(H,25,27). The van der Waals surface area contributed by atoms with Crippen LogP contribution in [0.15, 0.2) is 79.3 Å². The van der Waals surface area contributed by atoms with Gasteiger partial charge in [-0.05, 0) is 11.1 Å². The highest BCUT2D eigenvalue weighted by atomic mass is 16.2. The fraction of sp³-hybridized carbons (Fsp3) is 0.182. The highest BCUT2D eigenvalue weighted by Crippen LogP contribution is 2.24. The van der Waals surface area contributed by atoms with Gasteiger partial charge in [-0.15, -0.1) is 0 Å². The molecule has 2 aromatic carbocycles. The number of aromatic nitrogens is 2. The summed E-state index contributed by atoms with van der Waals surface area (Å²) in [5.74, 6) is -0.476. The van der Waals surface area contributed by atoms with Crippen LogP contribution in [0.4, 0.5) is 0 Å². The van der Waals surface area contributed by atoms with Gasteiger partial charge in [0.05, 0.1) is 18.2 Å². The number of nitrogens with one attached hydrogen (secondary N) is 1. The first-order valence-electron chi connectivity index (χ1n) is 9.18. The normalized spacial score (nSPS) is 13.8. The SMILES string of the molecule is O=C(NC(c1ccccc1)c1ccccc1)C1CN(C(=O)c2cnccn2)C1. The van der Waals surface area contributed by atoms with Crippen LogP contribution >= 0.6 is 0 Å². The van der Waals surface area contributed by atoms with Crippen molar-refractivity contribution in [1.82, 2.24) is 20.2 Å². The Morgan fingerprint density at radius 1 is 0.929 bits per heavy atom. The summed E-state index contributed by atoms with van der Waals surface area (Å²) in [6.07, 6.45) is 4.45. The molecule has 28 heavy (non-hydrogen) atoms. The van der Waals surface area contributed by atoms with Crippen molar-refractivity contribution in [3.05, 3.63) is 96.1 Å². The van der Waals surface area contributed by atoms with E-state index < -0.39 is 0 Å². The number of benzene rings is 2. The lowest BCUT2D eigenvalue weighted by Gasteiger charge is -2.38. The average Bonchev–Trinajstić information content (AvgIpc) is 2.73. The van der Waals surface area contributed by atoms with Crippen molar-refractivity contribution in [2.24, 2.45) is 5.92 Å². The number of amides is 2. The molecule has 2 heterocycles. The van der Waals surface area contributed by atoms with Gasteiger partial charge in [-0.1, -0.05) is 60.7 Å². The molecule has 1 aromatic heterocycles. The first-order chi connectivity index (χ1) is 13.7. The van der Waals surface area contributed by atoms with E-state index in [-0.39, 0.29) is 23.8 Å². The van der Waals surface area contributed by atoms with Crippen molar-refractivity contribution in [3.8, 4) is 0 Å². The Balaban J connectivity index is 1.43. The van der Waals surface area contributed by atoms with Gasteiger partial charge in [-0.3, -0.25) is 14.6 Å². The molecule has 1 N–H and O–H groups in total. The largest absolute Gasteiger partial charge is 0.345 e. The topological polar surface area (TPSA) is 75.2 Å². The molecule has 0 spiro atoms. The van der Waals surface area contributed by atoms with Crippen LogP contribution in [-0.2, 0) is 4.79 Å². The van der Waals surface area contributed by atoms with Gasteiger partial charge < -0.3 is 10.2 Å². The Morgan fingerprint density at radius 2 is 1.54 bits per heavy atom. The highest BCUT2D eigenvalue weighted by molar-refractivity contribution is 5.94. The van der Waals surface area contributed by atoms with E-state index in [2.05, 4.69) is 15.3 Å². The van der Waals surface area contributed by atoms with Crippen LogP contribution in [0.5, 0.6) is 0 Å². The summed E-state index contributed by atoms with van der Waals surface area (Å²) in [6, 6.07) is 19.5. The number of carbonyl (C=O) groups excluding carboxylic acids is 2. The monoisotopic (exact) mass is 372 g/mol. The molecule has 3 aromatic rings. The Kier molecular flexibility index (Phi) is 5.10. The van der Waals surface area contributed by atoms with Crippen molar-refractivity contribution in [3.63, 3.8) is 0 Å². The number of carbonyl (C=O) groups is 2. The summed E-state index contributed by atoms with van der Waals surface area (Å²) in [5, 5.41) is 3.15. The third kappa shape index (κ3) is 3.76. The molecule has 6 heteroatoms. The van der Waals surface area contributed by atoms with E-state index in [0.29, 0.717) is 18.8 Å². The molecule has 0 aliphatic carbocycles. The maximum atomic E-state index is 12.8. The second-order valence-corrected chi connectivity index (χ2v) is 6.76. The molecule has 0 radical (unpaired) electrons. The number of hydrogen-bond acceptors (Lipinski definition) is 4. The van der Waals surface area contributed by atoms with Crippen molar-refractivity contribution in [1.29, 1.82) is 0 Å². The fourth-order valence-corrected chi connectivity index (χ4v) is 3.29. The zero-order valence-electron chi connectivity index (χ0n) is 15.2. The zero-order chi connectivity index (χ0) is 19.3. The third-order valence-electron chi connectivity index (χ3n) is 4.87. The molecule has 6 nitrogen and oxygen atoms in total. The summed E-state index contributed by atoms with van der Waals surface area (Å²) in [6.45, 7) is 0.773. The Bertz CT molecular complexity index is 903. The average molecular weight is 372 g/mol. The predicted molar refractivity (Wildman–Crippen MR) is 104 cm³/mol. The first kappa shape index (κ1) is 17.9. The molecule has 4 rings (SSSR count).